The van der Waals surface area contributed by atoms with E-state index in [2.05, 4.69) is 10.3 Å². The van der Waals surface area contributed by atoms with Crippen LogP contribution in [0.4, 0.5) is 5.69 Å². The molecule has 0 aliphatic rings. The van der Waals surface area contributed by atoms with Crippen LogP contribution in [0.25, 0.3) is 0 Å². The van der Waals surface area contributed by atoms with Gasteiger partial charge in [-0.1, -0.05) is 13.8 Å². The Labute approximate surface area is 78.2 Å². The van der Waals surface area contributed by atoms with Gasteiger partial charge in [0.1, 0.15) is 0 Å². The number of carbonyl (C=O) groups excluding carboxylic acids is 1. The highest BCUT2D eigenvalue weighted by Gasteiger charge is 2.07. The molecule has 1 heterocycles. The lowest BCUT2D eigenvalue weighted by Gasteiger charge is -2.10. The maximum Gasteiger partial charge on any atom is 0.221 e. The zero-order valence-electron chi connectivity index (χ0n) is 8.16. The van der Waals surface area contributed by atoms with E-state index in [1.165, 1.54) is 6.92 Å². The summed E-state index contributed by atoms with van der Waals surface area (Å²) in [5.74, 6) is 0.262. The molecular weight excluding hydrogens is 164 g/mol. The number of amides is 1. The van der Waals surface area contributed by atoms with Gasteiger partial charge in [0, 0.05) is 13.1 Å². The summed E-state index contributed by atoms with van der Waals surface area (Å²) in [5, 5.41) is 2.75. The Morgan fingerprint density at radius 2 is 2.23 bits per heavy atom. The minimum absolute atomic E-state index is 0.0603. The van der Waals surface area contributed by atoms with Crippen LogP contribution in [0.1, 0.15) is 32.4 Å². The first-order valence-corrected chi connectivity index (χ1v) is 4.33. The lowest BCUT2D eigenvalue weighted by molar-refractivity contribution is -0.114. The van der Waals surface area contributed by atoms with Crippen molar-refractivity contribution < 1.29 is 4.79 Å². The molecule has 0 aliphatic carbocycles. The van der Waals surface area contributed by atoms with Crippen LogP contribution in [0, 0.1) is 0 Å². The first-order valence-electron chi connectivity index (χ1n) is 4.33. The number of nitrogens with one attached hydrogen (secondary N) is 1. The van der Waals surface area contributed by atoms with E-state index in [9.17, 15) is 4.79 Å². The van der Waals surface area contributed by atoms with E-state index in [0.717, 1.165) is 11.4 Å². The maximum atomic E-state index is 10.8. The normalized spacial score (nSPS) is 10.2. The predicted octanol–water partition coefficient (Wildman–Crippen LogP) is 2.16. The quantitative estimate of drug-likeness (QED) is 0.754. The third kappa shape index (κ3) is 2.54. The second-order valence-corrected chi connectivity index (χ2v) is 3.27. The van der Waals surface area contributed by atoms with Gasteiger partial charge in [0.15, 0.2) is 0 Å². The summed E-state index contributed by atoms with van der Waals surface area (Å²) < 4.78 is 0. The Hall–Kier alpha value is -1.38. The highest BCUT2D eigenvalue weighted by molar-refractivity contribution is 5.89. The molecule has 0 saturated heterocycles. The second kappa shape index (κ2) is 4.03. The summed E-state index contributed by atoms with van der Waals surface area (Å²) in [5.41, 5.74) is 1.74. The minimum atomic E-state index is -0.0603. The van der Waals surface area contributed by atoms with Crippen LogP contribution in [0.5, 0.6) is 0 Å². The Kier molecular flexibility index (Phi) is 3.01. The van der Waals surface area contributed by atoms with Crippen LogP contribution in [-0.4, -0.2) is 10.9 Å². The van der Waals surface area contributed by atoms with Crippen LogP contribution in [0.15, 0.2) is 18.3 Å². The molecule has 0 atom stereocenters. The Morgan fingerprint density at radius 1 is 1.54 bits per heavy atom. The molecule has 0 fully saturated rings. The van der Waals surface area contributed by atoms with Crippen LogP contribution < -0.4 is 5.32 Å². The second-order valence-electron chi connectivity index (χ2n) is 3.27. The lowest BCUT2D eigenvalue weighted by atomic mass is 10.1. The molecule has 0 saturated carbocycles. The standard InChI is InChI=1S/C10H14N2O/c1-7(2)10-9(12-8(3)13)5-4-6-11-10/h4-7H,1-3H3,(H,12,13). The highest BCUT2D eigenvalue weighted by Crippen LogP contribution is 2.20. The van der Waals surface area contributed by atoms with Crippen LogP contribution in [-0.2, 0) is 4.79 Å². The molecule has 3 heteroatoms. The van der Waals surface area contributed by atoms with Crippen molar-refractivity contribution in [2.24, 2.45) is 0 Å². The Morgan fingerprint density at radius 3 is 2.77 bits per heavy atom. The van der Waals surface area contributed by atoms with E-state index < -0.39 is 0 Å². The number of nitrogens with zero attached hydrogens (tertiary/aromatic N) is 1. The van der Waals surface area contributed by atoms with Gasteiger partial charge in [0.05, 0.1) is 11.4 Å². The number of aromatic nitrogens is 1. The van der Waals surface area contributed by atoms with Crippen LogP contribution in [0.3, 0.4) is 0 Å². The molecule has 13 heavy (non-hydrogen) atoms. The fourth-order valence-corrected chi connectivity index (χ4v) is 1.17. The maximum absolute atomic E-state index is 10.8. The van der Waals surface area contributed by atoms with E-state index >= 15 is 0 Å². The van der Waals surface area contributed by atoms with Gasteiger partial charge < -0.3 is 5.32 Å². The van der Waals surface area contributed by atoms with Gasteiger partial charge in [0.2, 0.25) is 5.91 Å². The number of pyridine rings is 1. The predicted molar refractivity (Wildman–Crippen MR) is 52.6 cm³/mol. The van der Waals surface area contributed by atoms with E-state index in [1.807, 2.05) is 26.0 Å². The van der Waals surface area contributed by atoms with Crippen molar-refractivity contribution in [3.63, 3.8) is 0 Å². The van der Waals surface area contributed by atoms with Gasteiger partial charge in [-0.2, -0.15) is 0 Å². The Balaban J connectivity index is 2.97. The fraction of sp³-hybridized carbons (Fsp3) is 0.400. The third-order valence-corrected chi connectivity index (χ3v) is 1.70. The highest BCUT2D eigenvalue weighted by atomic mass is 16.1. The fourth-order valence-electron chi connectivity index (χ4n) is 1.17. The van der Waals surface area contributed by atoms with E-state index in [-0.39, 0.29) is 5.91 Å². The molecule has 70 valence electrons. The zero-order valence-corrected chi connectivity index (χ0v) is 8.16. The van der Waals surface area contributed by atoms with Crippen molar-refractivity contribution in [1.29, 1.82) is 0 Å². The molecule has 3 nitrogen and oxygen atoms in total. The molecule has 0 radical (unpaired) electrons. The molecular formula is C10H14N2O. The van der Waals surface area contributed by atoms with Crippen LogP contribution in [0.2, 0.25) is 0 Å². The zero-order chi connectivity index (χ0) is 9.84. The van der Waals surface area contributed by atoms with E-state index in [1.54, 1.807) is 6.20 Å². The summed E-state index contributed by atoms with van der Waals surface area (Å²) in [7, 11) is 0. The van der Waals surface area contributed by atoms with E-state index in [4.69, 9.17) is 0 Å². The number of carbonyl (C=O) groups is 1. The van der Waals surface area contributed by atoms with Gasteiger partial charge in [-0.3, -0.25) is 9.78 Å². The topological polar surface area (TPSA) is 42.0 Å². The average molecular weight is 178 g/mol. The van der Waals surface area contributed by atoms with Gasteiger partial charge in [-0.05, 0) is 18.1 Å². The summed E-state index contributed by atoms with van der Waals surface area (Å²) in [6.07, 6.45) is 1.74. The molecule has 0 unspecified atom stereocenters. The first kappa shape index (κ1) is 9.71. The van der Waals surface area contributed by atoms with Crippen molar-refractivity contribution in [1.82, 2.24) is 4.98 Å². The van der Waals surface area contributed by atoms with Crippen molar-refractivity contribution in [2.45, 2.75) is 26.7 Å². The monoisotopic (exact) mass is 178 g/mol. The summed E-state index contributed by atoms with van der Waals surface area (Å²) >= 11 is 0. The molecule has 1 aromatic rings. The summed E-state index contributed by atoms with van der Waals surface area (Å²) in [4.78, 5) is 15.1. The third-order valence-electron chi connectivity index (χ3n) is 1.70. The minimum Gasteiger partial charge on any atom is -0.325 e. The molecule has 0 spiro atoms. The average Bonchev–Trinajstić information content (AvgIpc) is 2.03. The van der Waals surface area contributed by atoms with Gasteiger partial charge in [-0.15, -0.1) is 0 Å². The van der Waals surface area contributed by atoms with Gasteiger partial charge >= 0.3 is 0 Å². The van der Waals surface area contributed by atoms with Crippen molar-refractivity contribution in [2.75, 3.05) is 5.32 Å². The largest absolute Gasteiger partial charge is 0.325 e. The first-order chi connectivity index (χ1) is 6.11. The number of hydrogen-bond donors (Lipinski definition) is 1. The van der Waals surface area contributed by atoms with Crippen molar-refractivity contribution in [3.8, 4) is 0 Å². The molecule has 1 N–H and O–H groups in total. The molecule has 1 amide bonds. The molecule has 0 aromatic carbocycles. The molecule has 0 aliphatic heterocycles. The van der Waals surface area contributed by atoms with Gasteiger partial charge in [0.25, 0.3) is 0 Å². The van der Waals surface area contributed by atoms with Gasteiger partial charge in [-0.25, -0.2) is 0 Å². The molecule has 1 aromatic heterocycles. The number of hydrogen-bond acceptors (Lipinski definition) is 2. The Bertz CT molecular complexity index is 308. The molecule has 1 rings (SSSR count). The summed E-state index contributed by atoms with van der Waals surface area (Å²) in [6, 6.07) is 3.68. The summed E-state index contributed by atoms with van der Waals surface area (Å²) in [6.45, 7) is 5.60. The number of rotatable bonds is 2. The van der Waals surface area contributed by atoms with E-state index in [0.29, 0.717) is 5.92 Å². The smallest absolute Gasteiger partial charge is 0.221 e. The van der Waals surface area contributed by atoms with Crippen LogP contribution >= 0.6 is 0 Å². The lowest BCUT2D eigenvalue weighted by Crippen LogP contribution is -2.09. The number of anilines is 1. The van der Waals surface area contributed by atoms with Crippen molar-refractivity contribution in [3.05, 3.63) is 24.0 Å². The SMILES string of the molecule is CC(=O)Nc1cccnc1C(C)C. The molecule has 0 bridgehead atoms. The van der Waals surface area contributed by atoms with Crippen molar-refractivity contribution >= 4 is 11.6 Å².